The molecule has 200 valence electrons. The highest BCUT2D eigenvalue weighted by atomic mass is 32.2. The maximum absolute atomic E-state index is 13.6. The number of thioether (sulfide) groups is 1. The van der Waals surface area contributed by atoms with E-state index < -0.39 is 0 Å². The number of nitrogens with one attached hydrogen (secondary N) is 2. The number of aromatic nitrogens is 4. The second-order valence-corrected chi connectivity index (χ2v) is 11.1. The Morgan fingerprint density at radius 1 is 1.24 bits per heavy atom. The standard InChI is InChI=1S/C29H36N6O2S/c1-18-14-26(38-5)24(28(36)32-18)16-30-29(37)27-20(3)35(25-9-7-6-8-23(25)27)19(2)21-10-12-34(13-11-21)22-15-31-33(4)17-22/h6-9,14-15,17,19,21H,10-13,16H2,1-5H3,(H,30,37)(H,32,36)/t19-/m1/s1. The molecule has 1 aliphatic rings. The molecular weight excluding hydrogens is 496 g/mol. The van der Waals surface area contributed by atoms with Crippen LogP contribution in [0.1, 0.15) is 53.1 Å². The van der Waals surface area contributed by atoms with Gasteiger partial charge in [0.05, 0.1) is 17.4 Å². The molecule has 1 aromatic carbocycles. The Morgan fingerprint density at radius 3 is 2.66 bits per heavy atom. The molecule has 8 nitrogen and oxygen atoms in total. The predicted octanol–water partition coefficient (Wildman–Crippen LogP) is 4.81. The molecule has 0 saturated carbocycles. The minimum absolute atomic E-state index is 0.150. The highest BCUT2D eigenvalue weighted by Crippen LogP contribution is 2.36. The van der Waals surface area contributed by atoms with Gasteiger partial charge in [0, 0.05) is 71.7 Å². The average molecular weight is 533 g/mol. The quantitative estimate of drug-likeness (QED) is 0.334. The number of amides is 1. The van der Waals surface area contributed by atoms with Gasteiger partial charge >= 0.3 is 0 Å². The molecule has 0 aliphatic carbocycles. The van der Waals surface area contributed by atoms with Gasteiger partial charge in [-0.3, -0.25) is 14.3 Å². The molecule has 1 amide bonds. The molecule has 38 heavy (non-hydrogen) atoms. The van der Waals surface area contributed by atoms with Crippen molar-refractivity contribution in [1.82, 2.24) is 24.6 Å². The lowest BCUT2D eigenvalue weighted by Gasteiger charge is -2.36. The van der Waals surface area contributed by atoms with Crippen molar-refractivity contribution >= 4 is 34.3 Å². The van der Waals surface area contributed by atoms with Crippen LogP contribution in [-0.2, 0) is 13.6 Å². The van der Waals surface area contributed by atoms with E-state index >= 15 is 0 Å². The molecule has 1 fully saturated rings. The van der Waals surface area contributed by atoms with Crippen molar-refractivity contribution in [3.05, 3.63) is 75.6 Å². The van der Waals surface area contributed by atoms with Crippen molar-refractivity contribution in [1.29, 1.82) is 0 Å². The minimum Gasteiger partial charge on any atom is -0.369 e. The highest BCUT2D eigenvalue weighted by molar-refractivity contribution is 7.98. The number of carbonyl (C=O) groups is 1. The van der Waals surface area contributed by atoms with Crippen LogP contribution in [0.2, 0.25) is 0 Å². The van der Waals surface area contributed by atoms with Crippen molar-refractivity contribution in [3.8, 4) is 0 Å². The minimum atomic E-state index is -0.153. The van der Waals surface area contributed by atoms with Crippen LogP contribution in [-0.4, -0.2) is 44.6 Å². The molecule has 0 bridgehead atoms. The average Bonchev–Trinajstić information content (AvgIpc) is 3.47. The van der Waals surface area contributed by atoms with Crippen LogP contribution in [0.4, 0.5) is 5.69 Å². The van der Waals surface area contributed by atoms with Gasteiger partial charge in [-0.1, -0.05) is 18.2 Å². The number of nitrogens with zero attached hydrogens (tertiary/aromatic N) is 4. The molecule has 1 aliphatic heterocycles. The van der Waals surface area contributed by atoms with E-state index in [1.807, 2.05) is 62.3 Å². The number of piperidine rings is 1. The zero-order valence-corrected chi connectivity index (χ0v) is 23.6. The molecule has 1 atom stereocenters. The Kier molecular flexibility index (Phi) is 7.38. The molecule has 9 heteroatoms. The van der Waals surface area contributed by atoms with E-state index in [9.17, 15) is 9.59 Å². The van der Waals surface area contributed by atoms with Gasteiger partial charge in [-0.15, -0.1) is 11.8 Å². The number of hydrogen-bond acceptors (Lipinski definition) is 5. The Balaban J connectivity index is 1.38. The number of H-pyrrole nitrogens is 1. The fourth-order valence-corrected chi connectivity index (χ4v) is 6.62. The predicted molar refractivity (Wildman–Crippen MR) is 154 cm³/mol. The van der Waals surface area contributed by atoms with Crippen molar-refractivity contribution in [3.63, 3.8) is 0 Å². The summed E-state index contributed by atoms with van der Waals surface area (Å²) in [6, 6.07) is 10.4. The maximum Gasteiger partial charge on any atom is 0.254 e. The molecule has 0 unspecified atom stereocenters. The second kappa shape index (κ2) is 10.7. The molecule has 1 saturated heterocycles. The van der Waals surface area contributed by atoms with E-state index in [1.165, 1.54) is 17.4 Å². The molecular formula is C29H36N6O2S. The van der Waals surface area contributed by atoms with Gasteiger partial charge in [-0.2, -0.15) is 5.10 Å². The third-order valence-corrected chi connectivity index (χ3v) is 8.75. The maximum atomic E-state index is 13.6. The first kappa shape index (κ1) is 26.2. The molecule has 4 heterocycles. The summed E-state index contributed by atoms with van der Waals surface area (Å²) in [5, 5.41) is 8.31. The van der Waals surface area contributed by atoms with Gasteiger partial charge in [-0.25, -0.2) is 0 Å². The SMILES string of the molecule is CSc1cc(C)[nH]c(=O)c1CNC(=O)c1c(C)n([C@H](C)C2CCN(c3cnn(C)c3)CC2)c2ccccc12. The van der Waals surface area contributed by atoms with Gasteiger partial charge in [-0.05, 0) is 57.9 Å². The molecule has 5 rings (SSSR count). The Morgan fingerprint density at radius 2 is 1.97 bits per heavy atom. The fourth-order valence-electron chi connectivity index (χ4n) is 5.92. The van der Waals surface area contributed by atoms with E-state index in [0.717, 1.165) is 53.1 Å². The van der Waals surface area contributed by atoms with Crippen LogP contribution < -0.4 is 15.8 Å². The molecule has 3 aromatic heterocycles. The summed E-state index contributed by atoms with van der Waals surface area (Å²) in [5.41, 5.74) is 5.16. The number of benzene rings is 1. The summed E-state index contributed by atoms with van der Waals surface area (Å²) in [6.45, 7) is 8.37. The zero-order chi connectivity index (χ0) is 27.0. The lowest BCUT2D eigenvalue weighted by Crippen LogP contribution is -2.36. The first-order chi connectivity index (χ1) is 18.3. The number of hydrogen-bond donors (Lipinski definition) is 2. The lowest BCUT2D eigenvalue weighted by molar-refractivity contribution is 0.0951. The monoisotopic (exact) mass is 532 g/mol. The Labute approximate surface area is 227 Å². The summed E-state index contributed by atoms with van der Waals surface area (Å²) in [4.78, 5) is 32.3. The van der Waals surface area contributed by atoms with E-state index in [-0.39, 0.29) is 24.1 Å². The molecule has 0 spiro atoms. The first-order valence-electron chi connectivity index (χ1n) is 13.2. The summed E-state index contributed by atoms with van der Waals surface area (Å²) in [7, 11) is 1.95. The van der Waals surface area contributed by atoms with Crippen LogP contribution >= 0.6 is 11.8 Å². The number of aromatic amines is 1. The summed E-state index contributed by atoms with van der Waals surface area (Å²) >= 11 is 1.52. The molecule has 0 radical (unpaired) electrons. The Hall–Kier alpha value is -3.46. The Bertz CT molecular complexity index is 1530. The largest absolute Gasteiger partial charge is 0.369 e. The van der Waals surface area contributed by atoms with E-state index in [4.69, 9.17) is 0 Å². The lowest BCUT2D eigenvalue weighted by atomic mass is 9.89. The van der Waals surface area contributed by atoms with E-state index in [2.05, 4.69) is 44.1 Å². The topological polar surface area (TPSA) is 87.9 Å². The third kappa shape index (κ3) is 4.87. The zero-order valence-electron chi connectivity index (χ0n) is 22.7. The second-order valence-electron chi connectivity index (χ2n) is 10.3. The van der Waals surface area contributed by atoms with E-state index in [0.29, 0.717) is 17.0 Å². The number of aryl methyl sites for hydroxylation is 2. The summed E-state index contributed by atoms with van der Waals surface area (Å²) < 4.78 is 4.20. The van der Waals surface area contributed by atoms with Gasteiger partial charge in [0.2, 0.25) is 0 Å². The highest BCUT2D eigenvalue weighted by Gasteiger charge is 2.29. The number of para-hydroxylation sites is 1. The smallest absolute Gasteiger partial charge is 0.254 e. The van der Waals surface area contributed by atoms with Crippen molar-refractivity contribution in [2.45, 2.75) is 51.1 Å². The summed E-state index contributed by atoms with van der Waals surface area (Å²) in [6.07, 6.45) is 8.12. The van der Waals surface area contributed by atoms with Crippen molar-refractivity contribution < 1.29 is 4.79 Å². The molecule has 2 N–H and O–H groups in total. The normalized spacial score (nSPS) is 15.2. The van der Waals surface area contributed by atoms with Gasteiger partial charge < -0.3 is 19.8 Å². The number of anilines is 1. The van der Waals surface area contributed by atoms with Crippen LogP contribution in [0.5, 0.6) is 0 Å². The fraction of sp³-hybridized carbons (Fsp3) is 0.414. The van der Waals surface area contributed by atoms with Crippen molar-refractivity contribution in [2.75, 3.05) is 24.2 Å². The number of rotatable bonds is 7. The first-order valence-corrected chi connectivity index (χ1v) is 14.4. The van der Waals surface area contributed by atoms with E-state index in [1.54, 1.807) is 0 Å². The van der Waals surface area contributed by atoms with Gasteiger partial charge in [0.15, 0.2) is 0 Å². The van der Waals surface area contributed by atoms with Crippen LogP contribution in [0.25, 0.3) is 10.9 Å². The van der Waals surface area contributed by atoms with Gasteiger partial charge in [0.1, 0.15) is 0 Å². The number of pyridine rings is 1. The van der Waals surface area contributed by atoms with Crippen LogP contribution in [0.15, 0.2) is 52.4 Å². The molecule has 4 aromatic rings. The number of carbonyl (C=O) groups excluding carboxylic acids is 1. The van der Waals surface area contributed by atoms with Crippen LogP contribution in [0.3, 0.4) is 0 Å². The van der Waals surface area contributed by atoms with Crippen molar-refractivity contribution in [2.24, 2.45) is 13.0 Å². The number of fused-ring (bicyclic) bond motifs is 1. The summed E-state index contributed by atoms with van der Waals surface area (Å²) in [5.74, 6) is 0.353. The van der Waals surface area contributed by atoms with Gasteiger partial charge in [0.25, 0.3) is 11.5 Å². The van der Waals surface area contributed by atoms with Crippen LogP contribution in [0, 0.1) is 19.8 Å². The third-order valence-electron chi connectivity index (χ3n) is 7.94.